The molecular formula is C9H9N3O. The van der Waals surface area contributed by atoms with Gasteiger partial charge in [0.05, 0.1) is 11.1 Å². The third kappa shape index (κ3) is 1.16. The highest BCUT2D eigenvalue weighted by Crippen LogP contribution is 2.13. The zero-order valence-electron chi connectivity index (χ0n) is 7.16. The van der Waals surface area contributed by atoms with Crippen molar-refractivity contribution in [2.45, 2.75) is 6.92 Å². The van der Waals surface area contributed by atoms with E-state index in [1.54, 1.807) is 19.2 Å². The summed E-state index contributed by atoms with van der Waals surface area (Å²) in [6, 6.07) is 3.50. The summed E-state index contributed by atoms with van der Waals surface area (Å²) in [5.41, 5.74) is 6.09. The Labute approximate surface area is 74.4 Å². The van der Waals surface area contributed by atoms with Gasteiger partial charge in [-0.3, -0.25) is 4.79 Å². The third-order valence-corrected chi connectivity index (χ3v) is 1.96. The fourth-order valence-electron chi connectivity index (χ4n) is 1.43. The fraction of sp³-hybridized carbons (Fsp3) is 0.111. The molecule has 13 heavy (non-hydrogen) atoms. The van der Waals surface area contributed by atoms with Gasteiger partial charge in [0.1, 0.15) is 5.82 Å². The van der Waals surface area contributed by atoms with Crippen LogP contribution in [0.4, 0.5) is 5.82 Å². The molecule has 2 aromatic rings. The Bertz CT molecular complexity index is 516. The first-order valence-electron chi connectivity index (χ1n) is 3.93. The summed E-state index contributed by atoms with van der Waals surface area (Å²) in [7, 11) is 0. The van der Waals surface area contributed by atoms with E-state index >= 15 is 0 Å². The van der Waals surface area contributed by atoms with E-state index in [0.29, 0.717) is 16.9 Å². The fourth-order valence-corrected chi connectivity index (χ4v) is 1.43. The standard InChI is InChI=1S/C9H9N3O/c1-5-8-6(4-7(10)12-5)2-3-11-9(8)13/h2-4H,1H3,(H2,10,12)(H,11,13). The second-order valence-corrected chi connectivity index (χ2v) is 2.90. The van der Waals surface area contributed by atoms with Gasteiger partial charge in [-0.2, -0.15) is 0 Å². The van der Waals surface area contributed by atoms with Gasteiger partial charge in [0.2, 0.25) is 0 Å². The van der Waals surface area contributed by atoms with Gasteiger partial charge in [-0.05, 0) is 24.4 Å². The van der Waals surface area contributed by atoms with Crippen LogP contribution < -0.4 is 11.3 Å². The summed E-state index contributed by atoms with van der Waals surface area (Å²) in [5.74, 6) is 0.440. The van der Waals surface area contributed by atoms with Gasteiger partial charge in [0.15, 0.2) is 0 Å². The minimum Gasteiger partial charge on any atom is -0.384 e. The van der Waals surface area contributed by atoms with E-state index in [-0.39, 0.29) is 5.56 Å². The van der Waals surface area contributed by atoms with Crippen molar-refractivity contribution in [2.75, 3.05) is 5.73 Å². The molecule has 3 N–H and O–H groups in total. The number of nitrogens with one attached hydrogen (secondary N) is 1. The zero-order chi connectivity index (χ0) is 9.42. The van der Waals surface area contributed by atoms with Crippen LogP contribution in [0.1, 0.15) is 5.69 Å². The van der Waals surface area contributed by atoms with Crippen molar-refractivity contribution in [1.29, 1.82) is 0 Å². The van der Waals surface area contributed by atoms with E-state index in [9.17, 15) is 4.79 Å². The zero-order valence-corrected chi connectivity index (χ0v) is 7.16. The Morgan fingerprint density at radius 3 is 3.08 bits per heavy atom. The first-order chi connectivity index (χ1) is 6.18. The van der Waals surface area contributed by atoms with Crippen LogP contribution in [0.25, 0.3) is 10.8 Å². The van der Waals surface area contributed by atoms with Gasteiger partial charge in [-0.25, -0.2) is 4.98 Å². The number of pyridine rings is 2. The SMILES string of the molecule is Cc1nc(N)cc2cc[nH]c(=O)c12. The number of aryl methyl sites for hydroxylation is 1. The number of anilines is 1. The molecule has 0 aliphatic rings. The average molecular weight is 175 g/mol. The van der Waals surface area contributed by atoms with Crippen LogP contribution in [0.2, 0.25) is 0 Å². The maximum Gasteiger partial charge on any atom is 0.257 e. The van der Waals surface area contributed by atoms with Gasteiger partial charge >= 0.3 is 0 Å². The van der Waals surface area contributed by atoms with Gasteiger partial charge in [0, 0.05) is 6.20 Å². The minimum absolute atomic E-state index is 0.123. The number of nitrogens with zero attached hydrogens (tertiary/aromatic N) is 1. The van der Waals surface area contributed by atoms with E-state index in [1.807, 2.05) is 6.07 Å². The molecule has 0 saturated carbocycles. The van der Waals surface area contributed by atoms with E-state index < -0.39 is 0 Å². The highest BCUT2D eigenvalue weighted by atomic mass is 16.1. The summed E-state index contributed by atoms with van der Waals surface area (Å²) in [6.07, 6.45) is 1.60. The topological polar surface area (TPSA) is 71.8 Å². The largest absolute Gasteiger partial charge is 0.384 e. The Hall–Kier alpha value is -1.84. The molecule has 0 aliphatic heterocycles. The Morgan fingerprint density at radius 2 is 2.31 bits per heavy atom. The number of hydrogen-bond acceptors (Lipinski definition) is 3. The van der Waals surface area contributed by atoms with Crippen molar-refractivity contribution in [3.63, 3.8) is 0 Å². The first kappa shape index (κ1) is 7.79. The predicted molar refractivity (Wildman–Crippen MR) is 51.5 cm³/mol. The van der Waals surface area contributed by atoms with Crippen molar-refractivity contribution in [1.82, 2.24) is 9.97 Å². The van der Waals surface area contributed by atoms with E-state index in [2.05, 4.69) is 9.97 Å². The lowest BCUT2D eigenvalue weighted by atomic mass is 10.2. The smallest absolute Gasteiger partial charge is 0.257 e. The average Bonchev–Trinajstić information content (AvgIpc) is 2.02. The second kappa shape index (κ2) is 2.58. The Kier molecular flexibility index (Phi) is 1.55. The quantitative estimate of drug-likeness (QED) is 0.622. The normalized spacial score (nSPS) is 10.5. The van der Waals surface area contributed by atoms with Gasteiger partial charge < -0.3 is 10.7 Å². The van der Waals surface area contributed by atoms with Crippen LogP contribution in [-0.4, -0.2) is 9.97 Å². The molecule has 0 fully saturated rings. The summed E-state index contributed by atoms with van der Waals surface area (Å²) in [5, 5.41) is 1.44. The number of aromatic nitrogens is 2. The number of hydrogen-bond donors (Lipinski definition) is 2. The molecule has 2 heterocycles. The van der Waals surface area contributed by atoms with E-state index in [1.165, 1.54) is 0 Å². The van der Waals surface area contributed by atoms with Crippen LogP contribution in [0.5, 0.6) is 0 Å². The Morgan fingerprint density at radius 1 is 1.54 bits per heavy atom. The molecule has 0 unspecified atom stereocenters. The Balaban J connectivity index is 3.03. The molecular weight excluding hydrogens is 166 g/mol. The van der Waals surface area contributed by atoms with Crippen molar-refractivity contribution < 1.29 is 0 Å². The van der Waals surface area contributed by atoms with Crippen LogP contribution >= 0.6 is 0 Å². The number of fused-ring (bicyclic) bond motifs is 1. The monoisotopic (exact) mass is 175 g/mol. The first-order valence-corrected chi connectivity index (χ1v) is 3.93. The molecule has 0 aromatic carbocycles. The van der Waals surface area contributed by atoms with Crippen LogP contribution in [0.3, 0.4) is 0 Å². The maximum absolute atomic E-state index is 11.4. The van der Waals surface area contributed by atoms with E-state index in [4.69, 9.17) is 5.73 Å². The van der Waals surface area contributed by atoms with Crippen LogP contribution in [0, 0.1) is 6.92 Å². The van der Waals surface area contributed by atoms with Gasteiger partial charge in [-0.1, -0.05) is 0 Å². The molecule has 0 spiro atoms. The van der Waals surface area contributed by atoms with Crippen LogP contribution in [0.15, 0.2) is 23.1 Å². The molecule has 0 amide bonds. The molecule has 0 aliphatic carbocycles. The van der Waals surface area contributed by atoms with Crippen LogP contribution in [-0.2, 0) is 0 Å². The maximum atomic E-state index is 11.4. The van der Waals surface area contributed by atoms with Gasteiger partial charge in [-0.15, -0.1) is 0 Å². The number of aromatic amines is 1. The number of nitrogens with two attached hydrogens (primary N) is 1. The summed E-state index contributed by atoms with van der Waals surface area (Å²) in [6.45, 7) is 1.77. The lowest BCUT2D eigenvalue weighted by molar-refractivity contribution is 1.20. The second-order valence-electron chi connectivity index (χ2n) is 2.90. The summed E-state index contributed by atoms with van der Waals surface area (Å²) >= 11 is 0. The number of rotatable bonds is 0. The minimum atomic E-state index is -0.123. The molecule has 2 rings (SSSR count). The van der Waals surface area contributed by atoms with Crippen molar-refractivity contribution in [3.8, 4) is 0 Å². The lowest BCUT2D eigenvalue weighted by Crippen LogP contribution is -2.07. The lowest BCUT2D eigenvalue weighted by Gasteiger charge is -2.00. The molecule has 0 saturated heterocycles. The molecule has 0 radical (unpaired) electrons. The van der Waals surface area contributed by atoms with Crippen molar-refractivity contribution >= 4 is 16.6 Å². The highest BCUT2D eigenvalue weighted by Gasteiger charge is 2.03. The number of H-pyrrole nitrogens is 1. The molecule has 2 aromatic heterocycles. The molecule has 0 atom stereocenters. The summed E-state index contributed by atoms with van der Waals surface area (Å²) < 4.78 is 0. The molecule has 4 nitrogen and oxygen atoms in total. The predicted octanol–water partition coefficient (Wildman–Crippen LogP) is 0.814. The molecule has 0 bridgehead atoms. The van der Waals surface area contributed by atoms with Crippen molar-refractivity contribution in [3.05, 3.63) is 34.4 Å². The van der Waals surface area contributed by atoms with Gasteiger partial charge in [0.25, 0.3) is 5.56 Å². The summed E-state index contributed by atoms with van der Waals surface area (Å²) in [4.78, 5) is 18.0. The molecule has 66 valence electrons. The highest BCUT2D eigenvalue weighted by molar-refractivity contribution is 5.85. The van der Waals surface area contributed by atoms with E-state index in [0.717, 1.165) is 5.39 Å². The third-order valence-electron chi connectivity index (χ3n) is 1.96. The molecule has 4 heteroatoms. The number of nitrogen functional groups attached to an aromatic ring is 1. The van der Waals surface area contributed by atoms with Crippen molar-refractivity contribution in [2.24, 2.45) is 0 Å².